The van der Waals surface area contributed by atoms with Crippen molar-refractivity contribution in [3.8, 4) is 0 Å². The summed E-state index contributed by atoms with van der Waals surface area (Å²) in [5.74, 6) is 0.115. The molecule has 0 bridgehead atoms. The summed E-state index contributed by atoms with van der Waals surface area (Å²) in [4.78, 5) is 22.7. The Morgan fingerprint density at radius 2 is 1.87 bits per heavy atom. The molecule has 0 heterocycles. The molecule has 0 fully saturated rings. The van der Waals surface area contributed by atoms with Crippen LogP contribution in [0.5, 0.6) is 0 Å². The van der Waals surface area contributed by atoms with Crippen LogP contribution in [0.2, 0.25) is 0 Å². The molecule has 0 aromatic heterocycles. The van der Waals surface area contributed by atoms with E-state index < -0.39 is 11.5 Å². The number of rotatable bonds is 6. The minimum Gasteiger partial charge on any atom is -0.453 e. The van der Waals surface area contributed by atoms with Gasteiger partial charge in [-0.1, -0.05) is 29.8 Å². The summed E-state index contributed by atoms with van der Waals surface area (Å²) >= 11 is 3.16. The fraction of sp³-hybridized carbons (Fsp3) is 0.800. The number of hydrogen-bond acceptors (Lipinski definition) is 3. The van der Waals surface area contributed by atoms with Crippen molar-refractivity contribution in [2.24, 2.45) is 5.41 Å². The first-order valence-electron chi connectivity index (χ1n) is 4.97. The molecule has 0 radical (unpaired) electrons. The maximum absolute atomic E-state index is 11.8. The van der Waals surface area contributed by atoms with Crippen LogP contribution in [0.4, 0.5) is 4.79 Å². The third-order valence-electron chi connectivity index (χ3n) is 2.82. The Bertz CT molecular complexity index is 227. The molecule has 0 unspecified atom stereocenters. The van der Waals surface area contributed by atoms with Crippen LogP contribution in [-0.4, -0.2) is 30.9 Å². The van der Waals surface area contributed by atoms with Crippen molar-refractivity contribution >= 4 is 27.8 Å². The molecule has 5 heteroatoms. The number of ether oxygens (including phenoxy) is 1. The van der Waals surface area contributed by atoms with Crippen LogP contribution in [0.3, 0.4) is 0 Å². The van der Waals surface area contributed by atoms with Gasteiger partial charge < -0.3 is 10.1 Å². The zero-order valence-electron chi connectivity index (χ0n) is 9.43. The number of ketones is 1. The van der Waals surface area contributed by atoms with Gasteiger partial charge in [0.25, 0.3) is 0 Å². The first kappa shape index (κ1) is 14.4. The van der Waals surface area contributed by atoms with Gasteiger partial charge >= 0.3 is 6.09 Å². The molecule has 0 spiro atoms. The molecule has 88 valence electrons. The van der Waals surface area contributed by atoms with E-state index in [0.29, 0.717) is 24.7 Å². The van der Waals surface area contributed by atoms with Crippen molar-refractivity contribution < 1.29 is 14.3 Å². The first-order chi connectivity index (χ1) is 7.06. The molecule has 1 N–H and O–H groups in total. The molecule has 0 aromatic carbocycles. The van der Waals surface area contributed by atoms with E-state index in [-0.39, 0.29) is 5.78 Å². The van der Waals surface area contributed by atoms with Crippen LogP contribution in [0.1, 0.15) is 26.7 Å². The van der Waals surface area contributed by atoms with Crippen molar-refractivity contribution in [1.29, 1.82) is 0 Å². The largest absolute Gasteiger partial charge is 0.453 e. The first-order valence-corrected chi connectivity index (χ1v) is 6.09. The van der Waals surface area contributed by atoms with E-state index in [9.17, 15) is 9.59 Å². The number of alkyl halides is 1. The van der Waals surface area contributed by atoms with Gasteiger partial charge in [0.1, 0.15) is 0 Å². The number of hydrogen-bond donors (Lipinski definition) is 1. The molecular weight excluding hydrogens is 262 g/mol. The monoisotopic (exact) mass is 279 g/mol. The lowest BCUT2D eigenvalue weighted by Gasteiger charge is -2.29. The normalized spacial score (nSPS) is 10.9. The second-order valence-corrected chi connectivity index (χ2v) is 3.95. The van der Waals surface area contributed by atoms with Crippen molar-refractivity contribution in [2.45, 2.75) is 26.7 Å². The molecular formula is C10H18BrNO3. The third kappa shape index (κ3) is 3.81. The van der Waals surface area contributed by atoms with E-state index in [4.69, 9.17) is 0 Å². The van der Waals surface area contributed by atoms with Crippen LogP contribution in [0.15, 0.2) is 0 Å². The van der Waals surface area contributed by atoms with Crippen LogP contribution in [0, 0.1) is 5.41 Å². The summed E-state index contributed by atoms with van der Waals surface area (Å²) in [6.07, 6.45) is 0.916. The molecule has 0 saturated heterocycles. The summed E-state index contributed by atoms with van der Waals surface area (Å²) in [5.41, 5.74) is -0.475. The lowest BCUT2D eigenvalue weighted by atomic mass is 9.79. The quantitative estimate of drug-likeness (QED) is 0.758. The summed E-state index contributed by atoms with van der Waals surface area (Å²) in [6, 6.07) is 0. The van der Waals surface area contributed by atoms with E-state index in [1.807, 2.05) is 13.8 Å². The maximum Gasteiger partial charge on any atom is 0.406 e. The Hall–Kier alpha value is -0.580. The highest BCUT2D eigenvalue weighted by molar-refractivity contribution is 9.09. The Labute approximate surface area is 98.9 Å². The molecule has 0 aromatic rings. The summed E-state index contributed by atoms with van der Waals surface area (Å²) in [5, 5.41) is 2.90. The zero-order chi connectivity index (χ0) is 11.9. The predicted molar refractivity (Wildman–Crippen MR) is 62.2 cm³/mol. The van der Waals surface area contributed by atoms with Gasteiger partial charge in [-0.2, -0.15) is 0 Å². The zero-order valence-corrected chi connectivity index (χ0v) is 11.0. The molecule has 0 aliphatic heterocycles. The fourth-order valence-electron chi connectivity index (χ4n) is 1.45. The molecule has 0 rings (SSSR count). The Morgan fingerprint density at radius 3 is 2.20 bits per heavy atom. The summed E-state index contributed by atoms with van der Waals surface area (Å²) < 4.78 is 4.47. The molecule has 1 amide bonds. The number of methoxy groups -OCH3 is 1. The highest BCUT2D eigenvalue weighted by Gasteiger charge is 2.34. The van der Waals surface area contributed by atoms with Gasteiger partial charge in [0.15, 0.2) is 5.78 Å². The smallest absolute Gasteiger partial charge is 0.406 e. The van der Waals surface area contributed by atoms with Gasteiger partial charge in [-0.05, 0) is 12.8 Å². The number of Topliss-reactive ketones (excluding diaryl/α,β-unsaturated/α-hetero) is 1. The SMILES string of the molecule is CCC(CC)(CNC(=O)OC)C(=O)CBr. The van der Waals surface area contributed by atoms with Gasteiger partial charge in [0.2, 0.25) is 0 Å². The number of amides is 1. The predicted octanol–water partition coefficient (Wildman–Crippen LogP) is 2.11. The highest BCUT2D eigenvalue weighted by atomic mass is 79.9. The van der Waals surface area contributed by atoms with Crippen LogP contribution in [0.25, 0.3) is 0 Å². The topological polar surface area (TPSA) is 55.4 Å². The van der Waals surface area contributed by atoms with Gasteiger partial charge in [-0.15, -0.1) is 0 Å². The maximum atomic E-state index is 11.8. The fourth-order valence-corrected chi connectivity index (χ4v) is 2.04. The van der Waals surface area contributed by atoms with Crippen molar-refractivity contribution in [3.63, 3.8) is 0 Å². The van der Waals surface area contributed by atoms with Crippen LogP contribution >= 0.6 is 15.9 Å². The molecule has 4 nitrogen and oxygen atoms in total. The van der Waals surface area contributed by atoms with E-state index in [0.717, 1.165) is 0 Å². The van der Waals surface area contributed by atoms with Gasteiger partial charge in [-0.25, -0.2) is 4.79 Å². The average Bonchev–Trinajstić information content (AvgIpc) is 2.29. The second-order valence-electron chi connectivity index (χ2n) is 3.39. The summed E-state index contributed by atoms with van der Waals surface area (Å²) in [7, 11) is 1.31. The third-order valence-corrected chi connectivity index (χ3v) is 3.33. The van der Waals surface area contributed by atoms with Gasteiger partial charge in [0, 0.05) is 12.0 Å². The molecule has 0 aliphatic rings. The van der Waals surface area contributed by atoms with E-state index in [1.54, 1.807) is 0 Å². The van der Waals surface area contributed by atoms with E-state index >= 15 is 0 Å². The second kappa shape index (κ2) is 6.82. The standard InChI is InChI=1S/C10H18BrNO3/c1-4-10(5-2,8(13)6-11)7-12-9(14)15-3/h4-7H2,1-3H3,(H,12,14). The Morgan fingerprint density at radius 1 is 1.33 bits per heavy atom. The van der Waals surface area contributed by atoms with E-state index in [2.05, 4.69) is 26.0 Å². The molecule has 0 atom stereocenters. The van der Waals surface area contributed by atoms with Crippen molar-refractivity contribution in [2.75, 3.05) is 19.0 Å². The molecule has 15 heavy (non-hydrogen) atoms. The average molecular weight is 280 g/mol. The Kier molecular flexibility index (Phi) is 6.56. The van der Waals surface area contributed by atoms with E-state index in [1.165, 1.54) is 7.11 Å². The lowest BCUT2D eigenvalue weighted by molar-refractivity contribution is -0.126. The highest BCUT2D eigenvalue weighted by Crippen LogP contribution is 2.27. The summed E-state index contributed by atoms with van der Waals surface area (Å²) in [6.45, 7) is 4.23. The minimum atomic E-state index is -0.497. The molecule has 0 saturated carbocycles. The number of alkyl carbamates (subject to hydrolysis) is 1. The number of carbonyl (C=O) groups is 2. The van der Waals surface area contributed by atoms with Crippen LogP contribution < -0.4 is 5.32 Å². The Balaban J connectivity index is 4.50. The van der Waals surface area contributed by atoms with Crippen molar-refractivity contribution in [3.05, 3.63) is 0 Å². The van der Waals surface area contributed by atoms with Crippen LogP contribution in [-0.2, 0) is 9.53 Å². The number of nitrogens with one attached hydrogen (secondary N) is 1. The molecule has 0 aliphatic carbocycles. The van der Waals surface area contributed by atoms with Gasteiger partial charge in [0.05, 0.1) is 12.4 Å². The van der Waals surface area contributed by atoms with Gasteiger partial charge in [-0.3, -0.25) is 4.79 Å². The lowest BCUT2D eigenvalue weighted by Crippen LogP contribution is -2.43. The number of carbonyl (C=O) groups excluding carboxylic acids is 2. The van der Waals surface area contributed by atoms with Crippen molar-refractivity contribution in [1.82, 2.24) is 5.32 Å². The number of halogens is 1. The minimum absolute atomic E-state index is 0.115.